The predicted octanol–water partition coefficient (Wildman–Crippen LogP) is -1.69. The summed E-state index contributed by atoms with van der Waals surface area (Å²) in [6, 6.07) is 5.24. The molecule has 0 radical (unpaired) electrons. The van der Waals surface area contributed by atoms with Crippen LogP contribution in [0.4, 0.5) is 0 Å². The van der Waals surface area contributed by atoms with Crippen molar-refractivity contribution in [3.8, 4) is 40.1 Å². The fraction of sp³-hybridized carbons (Fsp3) is 0.444. The molecular formula is C27H30O16. The van der Waals surface area contributed by atoms with Gasteiger partial charge in [0.15, 0.2) is 23.5 Å². The zero-order chi connectivity index (χ0) is 31.3. The molecule has 0 spiro atoms. The quantitative estimate of drug-likeness (QED) is 0.140. The van der Waals surface area contributed by atoms with Gasteiger partial charge in [-0.25, -0.2) is 0 Å². The van der Waals surface area contributed by atoms with Crippen LogP contribution in [0.3, 0.4) is 0 Å². The normalized spacial score (nSPS) is 33.0. The lowest BCUT2D eigenvalue weighted by atomic mass is 9.97. The van der Waals surface area contributed by atoms with Crippen LogP contribution >= 0.6 is 0 Å². The Bertz CT molecular complexity index is 1540. The maximum absolute atomic E-state index is 13.6. The van der Waals surface area contributed by atoms with Crippen molar-refractivity contribution in [1.29, 1.82) is 0 Å². The molecule has 234 valence electrons. The monoisotopic (exact) mass is 610 g/mol. The van der Waals surface area contributed by atoms with E-state index in [1.807, 2.05) is 0 Å². The molecule has 2 aliphatic heterocycles. The van der Waals surface area contributed by atoms with Crippen molar-refractivity contribution >= 4 is 11.0 Å². The molecule has 2 fully saturated rings. The van der Waals surface area contributed by atoms with Gasteiger partial charge in [0.25, 0.3) is 0 Å². The molecule has 0 aliphatic carbocycles. The molecule has 5 rings (SSSR count). The van der Waals surface area contributed by atoms with Gasteiger partial charge in [-0.1, -0.05) is 0 Å². The van der Waals surface area contributed by atoms with Crippen molar-refractivity contribution in [2.45, 2.75) is 68.3 Å². The average Bonchev–Trinajstić information content (AvgIpc) is 2.96. The van der Waals surface area contributed by atoms with Crippen LogP contribution in [0.1, 0.15) is 6.92 Å². The minimum atomic E-state index is -1.99. The van der Waals surface area contributed by atoms with E-state index < -0.39 is 113 Å². The van der Waals surface area contributed by atoms with E-state index in [1.165, 1.54) is 13.0 Å². The molecule has 16 nitrogen and oxygen atoms in total. The minimum absolute atomic E-state index is 0.0313. The highest BCUT2D eigenvalue weighted by molar-refractivity contribution is 5.88. The lowest BCUT2D eigenvalue weighted by Gasteiger charge is -2.45. The first-order valence-corrected chi connectivity index (χ1v) is 13.0. The summed E-state index contributed by atoms with van der Waals surface area (Å²) in [5.41, 5.74) is -1.35. The zero-order valence-corrected chi connectivity index (χ0v) is 22.3. The van der Waals surface area contributed by atoms with Crippen molar-refractivity contribution in [2.24, 2.45) is 0 Å². The molecule has 10 atom stereocenters. The van der Waals surface area contributed by atoms with Gasteiger partial charge in [0.2, 0.25) is 17.5 Å². The third-order valence-corrected chi connectivity index (χ3v) is 7.31. The maximum atomic E-state index is 13.6. The fourth-order valence-electron chi connectivity index (χ4n) is 4.94. The minimum Gasteiger partial charge on any atom is -0.508 e. The van der Waals surface area contributed by atoms with Crippen LogP contribution in [0.25, 0.3) is 22.3 Å². The van der Waals surface area contributed by atoms with Gasteiger partial charge >= 0.3 is 0 Å². The summed E-state index contributed by atoms with van der Waals surface area (Å²) in [4.78, 5) is 13.6. The van der Waals surface area contributed by atoms with Crippen LogP contribution < -0.4 is 10.2 Å². The molecule has 2 aliphatic rings. The number of aromatic hydroxyl groups is 4. The van der Waals surface area contributed by atoms with Gasteiger partial charge in [0.05, 0.1) is 12.7 Å². The third kappa shape index (κ3) is 5.55. The summed E-state index contributed by atoms with van der Waals surface area (Å²) in [6.45, 7) is 0.550. The Morgan fingerprint density at radius 3 is 2.16 bits per heavy atom. The number of aliphatic hydroxyl groups is 6. The van der Waals surface area contributed by atoms with Gasteiger partial charge in [-0.05, 0) is 25.1 Å². The predicted molar refractivity (Wildman–Crippen MR) is 140 cm³/mol. The molecule has 3 heterocycles. The van der Waals surface area contributed by atoms with Crippen LogP contribution in [0.5, 0.6) is 28.7 Å². The SMILES string of the molecule is C[C@@H]1O[C@@H](O[C@H]2[C@H](O)[C@@H](O)[C@H](Oc3c(-c4ccc(O)c(O)c4)oc4cc(O)cc(O)c4c3=O)O[C@@H]2CO)[C@H](O)[C@H](O)[C@H]1O. The number of phenols is 4. The van der Waals surface area contributed by atoms with Crippen molar-refractivity contribution in [3.63, 3.8) is 0 Å². The molecule has 2 aromatic carbocycles. The largest absolute Gasteiger partial charge is 0.508 e. The number of aliphatic hydroxyl groups excluding tert-OH is 6. The molecule has 2 saturated heterocycles. The van der Waals surface area contributed by atoms with E-state index in [0.717, 1.165) is 24.3 Å². The lowest BCUT2D eigenvalue weighted by molar-refractivity contribution is -0.349. The van der Waals surface area contributed by atoms with E-state index in [0.29, 0.717) is 0 Å². The topological polar surface area (TPSA) is 269 Å². The Morgan fingerprint density at radius 2 is 1.49 bits per heavy atom. The van der Waals surface area contributed by atoms with E-state index in [2.05, 4.69) is 0 Å². The van der Waals surface area contributed by atoms with Gasteiger partial charge in [0, 0.05) is 17.7 Å². The van der Waals surface area contributed by atoms with Gasteiger partial charge in [-0.2, -0.15) is 0 Å². The summed E-state index contributed by atoms with van der Waals surface area (Å²) < 4.78 is 28.0. The number of rotatable bonds is 6. The number of fused-ring (bicyclic) bond motifs is 1. The molecule has 16 heteroatoms. The van der Waals surface area contributed by atoms with Crippen LogP contribution in [0, 0.1) is 0 Å². The van der Waals surface area contributed by atoms with E-state index in [1.54, 1.807) is 0 Å². The number of hydrogen-bond acceptors (Lipinski definition) is 16. The van der Waals surface area contributed by atoms with E-state index in [9.17, 15) is 55.9 Å². The average molecular weight is 611 g/mol. The molecule has 10 N–H and O–H groups in total. The molecule has 0 bridgehead atoms. The van der Waals surface area contributed by atoms with Crippen LogP contribution in [-0.4, -0.2) is 119 Å². The number of hydrogen-bond donors (Lipinski definition) is 10. The molecular weight excluding hydrogens is 580 g/mol. The van der Waals surface area contributed by atoms with Crippen molar-refractivity contribution < 1.29 is 74.4 Å². The molecule has 1 aromatic heterocycles. The molecule has 0 saturated carbocycles. The second-order valence-electron chi connectivity index (χ2n) is 10.2. The second-order valence-corrected chi connectivity index (χ2v) is 10.2. The summed E-state index contributed by atoms with van der Waals surface area (Å²) >= 11 is 0. The van der Waals surface area contributed by atoms with E-state index in [4.69, 9.17) is 23.4 Å². The van der Waals surface area contributed by atoms with E-state index in [-0.39, 0.29) is 11.1 Å². The summed E-state index contributed by atoms with van der Waals surface area (Å²) in [6.07, 6.45) is -16.4. The first-order chi connectivity index (χ1) is 20.3. The summed E-state index contributed by atoms with van der Waals surface area (Å²) in [7, 11) is 0. The standard InChI is InChI=1S/C27H30O16/c1-8-17(33)19(35)21(37)26(39-8)42-24-15(7-28)41-27(22(38)20(24)36)43-25-18(34)16-13(32)5-10(29)6-14(16)40-23(25)9-2-3-11(30)12(31)4-9/h2-6,8,15,17,19-22,24,26-33,35-38H,7H2,1H3/t8-,15+,17-,19+,20+,21+,22+,24+,26-,27-/m0/s1. The number of benzene rings is 2. The Kier molecular flexibility index (Phi) is 8.41. The van der Waals surface area contributed by atoms with Gasteiger partial charge in [-0.3, -0.25) is 4.79 Å². The van der Waals surface area contributed by atoms with Gasteiger partial charge in [0.1, 0.15) is 65.2 Å². The smallest absolute Gasteiger partial charge is 0.239 e. The highest BCUT2D eigenvalue weighted by Gasteiger charge is 2.51. The van der Waals surface area contributed by atoms with Crippen molar-refractivity contribution in [2.75, 3.05) is 6.61 Å². The van der Waals surface area contributed by atoms with Crippen LogP contribution in [-0.2, 0) is 14.2 Å². The van der Waals surface area contributed by atoms with Crippen molar-refractivity contribution in [3.05, 3.63) is 40.6 Å². The summed E-state index contributed by atoms with van der Waals surface area (Å²) in [5, 5.41) is 102. The molecule has 3 aromatic rings. The van der Waals surface area contributed by atoms with Crippen molar-refractivity contribution in [1.82, 2.24) is 0 Å². The first kappa shape index (κ1) is 30.7. The Labute approximate surface area is 241 Å². The van der Waals surface area contributed by atoms with Crippen LogP contribution in [0.2, 0.25) is 0 Å². The van der Waals surface area contributed by atoms with Crippen LogP contribution in [0.15, 0.2) is 39.5 Å². The lowest BCUT2D eigenvalue weighted by Crippen LogP contribution is -2.64. The second kappa shape index (κ2) is 11.8. The maximum Gasteiger partial charge on any atom is 0.239 e. The fourth-order valence-corrected chi connectivity index (χ4v) is 4.94. The zero-order valence-electron chi connectivity index (χ0n) is 22.3. The Hall–Kier alpha value is -3.71. The highest BCUT2D eigenvalue weighted by atomic mass is 16.7. The molecule has 0 unspecified atom stereocenters. The Balaban J connectivity index is 1.50. The van der Waals surface area contributed by atoms with Gasteiger partial charge < -0.3 is 74.4 Å². The third-order valence-electron chi connectivity index (χ3n) is 7.31. The first-order valence-electron chi connectivity index (χ1n) is 13.0. The Morgan fingerprint density at radius 1 is 0.791 bits per heavy atom. The van der Waals surface area contributed by atoms with E-state index >= 15 is 0 Å². The number of ether oxygens (including phenoxy) is 4. The molecule has 43 heavy (non-hydrogen) atoms. The van der Waals surface area contributed by atoms with Gasteiger partial charge in [-0.15, -0.1) is 0 Å². The summed E-state index contributed by atoms with van der Waals surface area (Å²) in [5.74, 6) is -3.33. The molecule has 0 amide bonds. The number of phenolic OH excluding ortho intramolecular Hbond substituents is 4. The highest BCUT2D eigenvalue weighted by Crippen LogP contribution is 2.39.